The quantitative estimate of drug-likeness (QED) is 0.740. The number of hydrogen-bond acceptors (Lipinski definition) is 5. The van der Waals surface area contributed by atoms with Crippen molar-refractivity contribution in [2.75, 3.05) is 45.6 Å². The van der Waals surface area contributed by atoms with Gasteiger partial charge in [0.05, 0.1) is 24.4 Å². The predicted octanol–water partition coefficient (Wildman–Crippen LogP) is 1.70. The minimum absolute atomic E-state index is 0.0205. The molecule has 0 atom stereocenters. The molecule has 3 fully saturated rings. The molecule has 4 rings (SSSR count). The number of nitrogens with one attached hydrogen (secondary N) is 1. The molecule has 27 heavy (non-hydrogen) atoms. The summed E-state index contributed by atoms with van der Waals surface area (Å²) in [5.74, 6) is 0.243. The van der Waals surface area contributed by atoms with Gasteiger partial charge in [0.15, 0.2) is 0 Å². The highest BCUT2D eigenvalue weighted by atomic mass is 19.1. The lowest BCUT2D eigenvalue weighted by Crippen LogP contribution is -2.63. The maximum atomic E-state index is 14.1. The molecule has 1 saturated carbocycles. The summed E-state index contributed by atoms with van der Waals surface area (Å²) in [6.45, 7) is 5.33. The van der Waals surface area contributed by atoms with E-state index in [-0.39, 0.29) is 17.3 Å². The van der Waals surface area contributed by atoms with Crippen molar-refractivity contribution < 1.29 is 13.9 Å². The molecule has 148 valence electrons. The van der Waals surface area contributed by atoms with Crippen LogP contribution in [0.2, 0.25) is 0 Å². The number of amides is 1. The number of rotatable bonds is 6. The van der Waals surface area contributed by atoms with Gasteiger partial charge in [-0.05, 0) is 50.8 Å². The zero-order valence-corrected chi connectivity index (χ0v) is 15.9. The van der Waals surface area contributed by atoms with E-state index in [1.807, 2.05) is 0 Å². The molecule has 0 bridgehead atoms. The molecule has 3 aliphatic rings. The summed E-state index contributed by atoms with van der Waals surface area (Å²) in [6, 6.07) is 3.19. The van der Waals surface area contributed by atoms with Crippen molar-refractivity contribution in [3.05, 3.63) is 23.5 Å². The van der Waals surface area contributed by atoms with Crippen LogP contribution >= 0.6 is 0 Å². The maximum absolute atomic E-state index is 14.1. The second-order valence-corrected chi connectivity index (χ2v) is 8.17. The number of anilines is 1. The fourth-order valence-corrected chi connectivity index (χ4v) is 4.22. The molecule has 7 heteroatoms. The van der Waals surface area contributed by atoms with Gasteiger partial charge in [-0.1, -0.05) is 0 Å². The molecule has 1 aromatic rings. The van der Waals surface area contributed by atoms with E-state index in [1.165, 1.54) is 58.5 Å². The third kappa shape index (κ3) is 4.19. The lowest BCUT2D eigenvalue weighted by Gasteiger charge is -2.47. The van der Waals surface area contributed by atoms with Crippen LogP contribution in [-0.4, -0.2) is 67.6 Å². The van der Waals surface area contributed by atoms with Crippen molar-refractivity contribution in [2.24, 2.45) is 5.92 Å². The van der Waals surface area contributed by atoms with Gasteiger partial charge in [0.1, 0.15) is 11.6 Å². The van der Waals surface area contributed by atoms with Gasteiger partial charge in [-0.3, -0.25) is 9.69 Å². The Bertz CT molecular complexity index is 695. The fourth-order valence-electron chi connectivity index (χ4n) is 4.22. The van der Waals surface area contributed by atoms with Gasteiger partial charge in [0.2, 0.25) is 0 Å². The Labute approximate surface area is 159 Å². The Kier molecular flexibility index (Phi) is 5.23. The van der Waals surface area contributed by atoms with Gasteiger partial charge < -0.3 is 20.7 Å². The Morgan fingerprint density at radius 3 is 2.59 bits per heavy atom. The second-order valence-electron chi connectivity index (χ2n) is 8.17. The highest BCUT2D eigenvalue weighted by molar-refractivity contribution is 5.95. The predicted molar refractivity (Wildman–Crippen MR) is 102 cm³/mol. The number of benzene rings is 1. The van der Waals surface area contributed by atoms with E-state index in [0.717, 1.165) is 25.1 Å². The van der Waals surface area contributed by atoms with E-state index in [2.05, 4.69) is 15.1 Å². The number of likely N-dealkylation sites (tertiary alicyclic amines) is 2. The summed E-state index contributed by atoms with van der Waals surface area (Å²) >= 11 is 0. The van der Waals surface area contributed by atoms with Crippen LogP contribution in [0.3, 0.4) is 0 Å². The molecule has 0 aromatic heterocycles. The normalized spacial score (nSPS) is 22.4. The number of carbonyl (C=O) groups is 1. The van der Waals surface area contributed by atoms with Crippen molar-refractivity contribution in [3.8, 4) is 5.75 Å². The van der Waals surface area contributed by atoms with Gasteiger partial charge in [-0.15, -0.1) is 0 Å². The summed E-state index contributed by atoms with van der Waals surface area (Å²) in [5.41, 5.74) is 5.84. The third-order valence-corrected chi connectivity index (χ3v) is 6.10. The molecule has 3 N–H and O–H groups in total. The number of nitrogen functional groups attached to an aromatic ring is 1. The van der Waals surface area contributed by atoms with Crippen LogP contribution in [0.25, 0.3) is 0 Å². The first kappa shape index (κ1) is 18.5. The summed E-state index contributed by atoms with van der Waals surface area (Å²) in [4.78, 5) is 17.5. The Hall–Kier alpha value is -1.86. The van der Waals surface area contributed by atoms with Crippen LogP contribution in [0.15, 0.2) is 12.1 Å². The molecule has 0 radical (unpaired) electrons. The number of halogens is 1. The average Bonchev–Trinajstić information content (AvgIpc) is 3.43. The number of nitrogens with zero attached hydrogens (tertiary/aromatic N) is 2. The first-order chi connectivity index (χ1) is 13.0. The molecule has 2 heterocycles. The molecule has 2 saturated heterocycles. The topological polar surface area (TPSA) is 70.8 Å². The highest BCUT2D eigenvalue weighted by Gasteiger charge is 2.36. The highest BCUT2D eigenvalue weighted by Crippen LogP contribution is 2.31. The molecule has 0 unspecified atom stereocenters. The largest absolute Gasteiger partial charge is 0.495 e. The Morgan fingerprint density at radius 2 is 1.96 bits per heavy atom. The van der Waals surface area contributed by atoms with Crippen LogP contribution in [0.5, 0.6) is 5.75 Å². The zero-order chi connectivity index (χ0) is 19.0. The van der Waals surface area contributed by atoms with Crippen LogP contribution in [0.4, 0.5) is 10.1 Å². The van der Waals surface area contributed by atoms with Gasteiger partial charge in [0.25, 0.3) is 5.91 Å². The first-order valence-corrected chi connectivity index (χ1v) is 9.93. The molecule has 1 aliphatic carbocycles. The Morgan fingerprint density at radius 1 is 1.26 bits per heavy atom. The van der Waals surface area contributed by atoms with Gasteiger partial charge >= 0.3 is 0 Å². The standard InChI is InChI=1S/C20H29FN4O2/c1-27-19-8-16(17(21)9-18(19)22)20(26)23-14-11-25(12-14)15-4-6-24(7-5-15)10-13-2-3-13/h8-9,13-15H,2-7,10-12,22H2,1H3,(H,23,26). The van der Waals surface area contributed by atoms with Crippen molar-refractivity contribution in [3.63, 3.8) is 0 Å². The minimum atomic E-state index is -0.620. The Balaban J connectivity index is 1.24. The molecule has 6 nitrogen and oxygen atoms in total. The molecular formula is C20H29FN4O2. The average molecular weight is 376 g/mol. The van der Waals surface area contributed by atoms with E-state index in [4.69, 9.17) is 10.5 Å². The first-order valence-electron chi connectivity index (χ1n) is 9.93. The SMILES string of the molecule is COc1cc(C(=O)NC2CN(C3CCN(CC4CC4)CC3)C2)c(F)cc1N. The minimum Gasteiger partial charge on any atom is -0.495 e. The summed E-state index contributed by atoms with van der Waals surface area (Å²) in [5, 5.41) is 2.93. The lowest BCUT2D eigenvalue weighted by molar-refractivity contribution is 0.0344. The molecule has 1 aromatic carbocycles. The van der Waals surface area contributed by atoms with E-state index in [9.17, 15) is 9.18 Å². The van der Waals surface area contributed by atoms with Crippen LogP contribution in [0.1, 0.15) is 36.0 Å². The van der Waals surface area contributed by atoms with E-state index >= 15 is 0 Å². The van der Waals surface area contributed by atoms with E-state index < -0.39 is 11.7 Å². The van der Waals surface area contributed by atoms with Gasteiger partial charge in [-0.2, -0.15) is 0 Å². The summed E-state index contributed by atoms with van der Waals surface area (Å²) < 4.78 is 19.2. The monoisotopic (exact) mass is 376 g/mol. The van der Waals surface area contributed by atoms with Crippen LogP contribution in [0, 0.1) is 11.7 Å². The number of ether oxygens (including phenoxy) is 1. The van der Waals surface area contributed by atoms with Crippen LogP contribution in [-0.2, 0) is 0 Å². The zero-order valence-electron chi connectivity index (χ0n) is 15.9. The summed E-state index contributed by atoms with van der Waals surface area (Å²) in [7, 11) is 1.45. The lowest BCUT2D eigenvalue weighted by atomic mass is 9.97. The molecule has 1 amide bonds. The fraction of sp³-hybridized carbons (Fsp3) is 0.650. The number of nitrogens with two attached hydrogens (primary N) is 1. The maximum Gasteiger partial charge on any atom is 0.254 e. The van der Waals surface area contributed by atoms with E-state index in [1.54, 1.807) is 0 Å². The molecule has 0 spiro atoms. The number of methoxy groups -OCH3 is 1. The van der Waals surface area contributed by atoms with Crippen molar-refractivity contribution in [2.45, 2.75) is 37.8 Å². The second kappa shape index (κ2) is 7.64. The van der Waals surface area contributed by atoms with Gasteiger partial charge in [0, 0.05) is 31.7 Å². The van der Waals surface area contributed by atoms with Gasteiger partial charge in [-0.25, -0.2) is 4.39 Å². The number of piperidine rings is 1. The van der Waals surface area contributed by atoms with Crippen molar-refractivity contribution in [1.29, 1.82) is 0 Å². The summed E-state index contributed by atoms with van der Waals surface area (Å²) in [6.07, 6.45) is 5.23. The van der Waals surface area contributed by atoms with E-state index in [0.29, 0.717) is 11.8 Å². The smallest absolute Gasteiger partial charge is 0.254 e. The number of carbonyl (C=O) groups excluding carboxylic acids is 1. The number of hydrogen-bond donors (Lipinski definition) is 2. The molecular weight excluding hydrogens is 347 g/mol. The van der Waals surface area contributed by atoms with Crippen molar-refractivity contribution >= 4 is 11.6 Å². The third-order valence-electron chi connectivity index (χ3n) is 6.10. The van der Waals surface area contributed by atoms with Crippen molar-refractivity contribution in [1.82, 2.24) is 15.1 Å². The molecule has 2 aliphatic heterocycles. The van der Waals surface area contributed by atoms with Crippen LogP contribution < -0.4 is 15.8 Å².